The molecule has 1 atom stereocenters. The van der Waals surface area contributed by atoms with Crippen molar-refractivity contribution in [3.05, 3.63) is 54.1 Å². The molecule has 3 rings (SSSR count). The van der Waals surface area contributed by atoms with Crippen LogP contribution in [0.4, 0.5) is 10.5 Å². The minimum absolute atomic E-state index is 0.0148. The van der Waals surface area contributed by atoms with Crippen LogP contribution in [0.15, 0.2) is 48.5 Å². The summed E-state index contributed by atoms with van der Waals surface area (Å²) in [5.41, 5.74) is 1.71. The average molecular weight is 397 g/mol. The topological polar surface area (TPSA) is 79.9 Å². The summed E-state index contributed by atoms with van der Waals surface area (Å²) in [6.45, 7) is 1.73. The predicted molar refractivity (Wildman–Crippen MR) is 111 cm³/mol. The third-order valence-electron chi connectivity index (χ3n) is 5.01. The molecule has 29 heavy (non-hydrogen) atoms. The Morgan fingerprint density at radius 3 is 2.55 bits per heavy atom. The van der Waals surface area contributed by atoms with E-state index in [0.29, 0.717) is 43.2 Å². The molecule has 1 aliphatic heterocycles. The number of methoxy groups -OCH3 is 2. The molecule has 2 N–H and O–H groups in total. The Morgan fingerprint density at radius 2 is 1.83 bits per heavy atom. The summed E-state index contributed by atoms with van der Waals surface area (Å²) in [5, 5.41) is 5.83. The number of amides is 3. The molecule has 154 valence electrons. The van der Waals surface area contributed by atoms with Crippen molar-refractivity contribution < 1.29 is 19.1 Å². The second-order valence-corrected chi connectivity index (χ2v) is 7.07. The molecule has 2 aromatic rings. The molecule has 0 aliphatic carbocycles. The van der Waals surface area contributed by atoms with Gasteiger partial charge in [0.1, 0.15) is 0 Å². The summed E-state index contributed by atoms with van der Waals surface area (Å²) in [7, 11) is 3.12. The number of nitrogens with one attached hydrogen (secondary N) is 2. The number of carbonyl (C=O) groups excluding carboxylic acids is 2. The third-order valence-corrected chi connectivity index (χ3v) is 5.01. The van der Waals surface area contributed by atoms with Crippen LogP contribution >= 0.6 is 0 Å². The summed E-state index contributed by atoms with van der Waals surface area (Å²) in [4.78, 5) is 26.5. The lowest BCUT2D eigenvalue weighted by atomic mass is 10.0. The number of rotatable bonds is 7. The van der Waals surface area contributed by atoms with Crippen molar-refractivity contribution in [1.82, 2.24) is 10.2 Å². The van der Waals surface area contributed by atoms with E-state index in [9.17, 15) is 9.59 Å². The predicted octanol–water partition coefficient (Wildman–Crippen LogP) is 3.26. The van der Waals surface area contributed by atoms with Crippen molar-refractivity contribution >= 4 is 17.6 Å². The average Bonchev–Trinajstić information content (AvgIpc) is 3.21. The van der Waals surface area contributed by atoms with E-state index in [2.05, 4.69) is 10.6 Å². The molecular weight excluding hydrogens is 370 g/mol. The highest BCUT2D eigenvalue weighted by Gasteiger charge is 2.28. The lowest BCUT2D eigenvalue weighted by Gasteiger charge is -2.18. The quantitative estimate of drug-likeness (QED) is 0.752. The fraction of sp³-hybridized carbons (Fsp3) is 0.364. The van der Waals surface area contributed by atoms with Crippen LogP contribution < -0.4 is 20.1 Å². The molecule has 1 aliphatic rings. The van der Waals surface area contributed by atoms with Crippen LogP contribution in [0.2, 0.25) is 0 Å². The number of urea groups is 1. The van der Waals surface area contributed by atoms with Crippen molar-refractivity contribution in [3.63, 3.8) is 0 Å². The number of nitrogens with zero attached hydrogens (tertiary/aromatic N) is 1. The van der Waals surface area contributed by atoms with Crippen LogP contribution in [0, 0.1) is 5.92 Å². The SMILES string of the molecule is COc1ccc(NC(=O)N2CC[C@H](CC(=O)NCc3ccccc3)C2)cc1OC. The smallest absolute Gasteiger partial charge is 0.321 e. The van der Waals surface area contributed by atoms with Crippen LogP contribution in [0.5, 0.6) is 11.5 Å². The monoisotopic (exact) mass is 397 g/mol. The van der Waals surface area contributed by atoms with Gasteiger partial charge in [-0.25, -0.2) is 4.79 Å². The van der Waals surface area contributed by atoms with Gasteiger partial charge in [-0.15, -0.1) is 0 Å². The molecule has 1 fully saturated rings. The Morgan fingerprint density at radius 1 is 1.07 bits per heavy atom. The first-order valence-corrected chi connectivity index (χ1v) is 9.67. The van der Waals surface area contributed by atoms with Gasteiger partial charge in [-0.1, -0.05) is 30.3 Å². The van der Waals surface area contributed by atoms with Gasteiger partial charge in [-0.05, 0) is 30.0 Å². The number of benzene rings is 2. The van der Waals surface area contributed by atoms with Gasteiger partial charge in [0.05, 0.1) is 14.2 Å². The van der Waals surface area contributed by atoms with E-state index in [-0.39, 0.29) is 17.9 Å². The third kappa shape index (κ3) is 5.63. The molecule has 1 heterocycles. The number of anilines is 1. The highest BCUT2D eigenvalue weighted by Crippen LogP contribution is 2.30. The lowest BCUT2D eigenvalue weighted by molar-refractivity contribution is -0.122. The zero-order valence-corrected chi connectivity index (χ0v) is 16.8. The van der Waals surface area contributed by atoms with Crippen molar-refractivity contribution in [1.29, 1.82) is 0 Å². The highest BCUT2D eigenvalue weighted by molar-refractivity contribution is 5.90. The molecule has 0 aromatic heterocycles. The second kappa shape index (κ2) is 9.82. The summed E-state index contributed by atoms with van der Waals surface area (Å²) in [6.07, 6.45) is 1.24. The van der Waals surface area contributed by atoms with E-state index in [0.717, 1.165) is 12.0 Å². The number of ether oxygens (including phenoxy) is 2. The standard InChI is InChI=1S/C22H27N3O4/c1-28-19-9-8-18(13-20(19)29-2)24-22(27)25-11-10-17(15-25)12-21(26)23-14-16-6-4-3-5-7-16/h3-9,13,17H,10-12,14-15H2,1-2H3,(H,23,26)(H,24,27)/t17-/m1/s1. The number of hydrogen-bond donors (Lipinski definition) is 2. The molecule has 2 aromatic carbocycles. The first kappa shape index (κ1) is 20.5. The number of carbonyl (C=O) groups is 2. The van der Waals surface area contributed by atoms with Gasteiger partial charge in [0.2, 0.25) is 5.91 Å². The molecule has 0 unspecified atom stereocenters. The van der Waals surface area contributed by atoms with E-state index in [1.54, 1.807) is 37.3 Å². The Hall–Kier alpha value is -3.22. The fourth-order valence-corrected chi connectivity index (χ4v) is 3.43. The Bertz CT molecular complexity index is 841. The van der Waals surface area contributed by atoms with Gasteiger partial charge < -0.3 is 25.0 Å². The molecule has 7 nitrogen and oxygen atoms in total. The van der Waals surface area contributed by atoms with Crippen molar-refractivity contribution in [2.45, 2.75) is 19.4 Å². The fourth-order valence-electron chi connectivity index (χ4n) is 3.43. The maximum Gasteiger partial charge on any atom is 0.321 e. The Labute approximate surface area is 171 Å². The molecule has 0 radical (unpaired) electrons. The summed E-state index contributed by atoms with van der Waals surface area (Å²) in [6, 6.07) is 14.9. The first-order chi connectivity index (χ1) is 14.1. The minimum atomic E-state index is -0.176. The number of likely N-dealkylation sites (tertiary alicyclic amines) is 1. The van der Waals surface area contributed by atoms with Gasteiger partial charge in [0, 0.05) is 37.8 Å². The van der Waals surface area contributed by atoms with Gasteiger partial charge in [-0.2, -0.15) is 0 Å². The normalized spacial score (nSPS) is 15.7. The number of hydrogen-bond acceptors (Lipinski definition) is 4. The van der Waals surface area contributed by atoms with E-state index in [1.165, 1.54) is 0 Å². The lowest BCUT2D eigenvalue weighted by Crippen LogP contribution is -2.33. The van der Waals surface area contributed by atoms with E-state index >= 15 is 0 Å². The molecule has 1 saturated heterocycles. The summed E-state index contributed by atoms with van der Waals surface area (Å²) < 4.78 is 10.5. The van der Waals surface area contributed by atoms with Crippen molar-refractivity contribution in [2.24, 2.45) is 5.92 Å². The zero-order chi connectivity index (χ0) is 20.6. The largest absolute Gasteiger partial charge is 0.493 e. The van der Waals surface area contributed by atoms with Gasteiger partial charge in [0.15, 0.2) is 11.5 Å². The van der Waals surface area contributed by atoms with Crippen LogP contribution in [-0.2, 0) is 11.3 Å². The van der Waals surface area contributed by atoms with Gasteiger partial charge >= 0.3 is 6.03 Å². The Kier molecular flexibility index (Phi) is 6.94. The van der Waals surface area contributed by atoms with E-state index < -0.39 is 0 Å². The maximum absolute atomic E-state index is 12.6. The molecule has 7 heteroatoms. The molecular formula is C22H27N3O4. The summed E-state index contributed by atoms with van der Waals surface area (Å²) >= 11 is 0. The highest BCUT2D eigenvalue weighted by atomic mass is 16.5. The van der Waals surface area contributed by atoms with Crippen LogP contribution in [0.1, 0.15) is 18.4 Å². The second-order valence-electron chi connectivity index (χ2n) is 7.07. The molecule has 3 amide bonds. The molecule has 0 bridgehead atoms. The first-order valence-electron chi connectivity index (χ1n) is 9.67. The van der Waals surface area contributed by atoms with Crippen LogP contribution in [0.25, 0.3) is 0 Å². The van der Waals surface area contributed by atoms with Crippen LogP contribution in [-0.4, -0.2) is 44.1 Å². The van der Waals surface area contributed by atoms with Gasteiger partial charge in [0.25, 0.3) is 0 Å². The van der Waals surface area contributed by atoms with E-state index in [1.807, 2.05) is 30.3 Å². The van der Waals surface area contributed by atoms with Gasteiger partial charge in [-0.3, -0.25) is 4.79 Å². The van der Waals surface area contributed by atoms with E-state index in [4.69, 9.17) is 9.47 Å². The zero-order valence-electron chi connectivity index (χ0n) is 16.8. The molecule has 0 spiro atoms. The summed E-state index contributed by atoms with van der Waals surface area (Å²) in [5.74, 6) is 1.34. The maximum atomic E-state index is 12.6. The molecule has 0 saturated carbocycles. The van der Waals surface area contributed by atoms with Crippen LogP contribution in [0.3, 0.4) is 0 Å². The van der Waals surface area contributed by atoms with Crippen molar-refractivity contribution in [3.8, 4) is 11.5 Å². The minimum Gasteiger partial charge on any atom is -0.493 e. The Balaban J connectivity index is 1.46. The van der Waals surface area contributed by atoms with Crippen molar-refractivity contribution in [2.75, 3.05) is 32.6 Å².